The molecule has 0 N–H and O–H groups in total. The van der Waals surface area contributed by atoms with Gasteiger partial charge in [0, 0.05) is 14.1 Å². The van der Waals surface area contributed by atoms with Crippen LogP contribution in [0.25, 0.3) is 0 Å². The first-order valence-electron chi connectivity index (χ1n) is 5.55. The Morgan fingerprint density at radius 1 is 1.17 bits per heavy atom. The third-order valence-electron chi connectivity index (χ3n) is 1.88. The molecule has 0 aromatic carbocycles. The Morgan fingerprint density at radius 2 is 1.67 bits per heavy atom. The van der Waals surface area contributed by atoms with Gasteiger partial charge in [-0.15, -0.1) is 0 Å². The SMILES string of the molecule is CN(C)C(=O)CS(=O)(=O)CCC(=O)OC(C)(C)C. The first kappa shape index (κ1) is 16.9. The Hall–Kier alpha value is -1.11. The summed E-state index contributed by atoms with van der Waals surface area (Å²) in [6, 6.07) is 0. The summed E-state index contributed by atoms with van der Waals surface area (Å²) in [6.07, 6.45) is -0.236. The predicted molar refractivity (Wildman–Crippen MR) is 67.8 cm³/mol. The molecule has 6 nitrogen and oxygen atoms in total. The molecule has 7 heteroatoms. The first-order chi connectivity index (χ1) is 7.93. The molecule has 0 aliphatic heterocycles. The first-order valence-corrected chi connectivity index (χ1v) is 7.37. The maximum Gasteiger partial charge on any atom is 0.307 e. The smallest absolute Gasteiger partial charge is 0.307 e. The second-order valence-corrected chi connectivity index (χ2v) is 7.40. The van der Waals surface area contributed by atoms with Gasteiger partial charge in [0.1, 0.15) is 11.4 Å². The van der Waals surface area contributed by atoms with Crippen molar-refractivity contribution < 1.29 is 22.7 Å². The van der Waals surface area contributed by atoms with Crippen LogP contribution in [0.1, 0.15) is 27.2 Å². The second kappa shape index (κ2) is 6.17. The molecule has 18 heavy (non-hydrogen) atoms. The summed E-state index contributed by atoms with van der Waals surface area (Å²) < 4.78 is 28.1. The number of nitrogens with zero attached hydrogens (tertiary/aromatic N) is 1. The Bertz CT molecular complexity index is 406. The predicted octanol–water partition coefficient (Wildman–Crippen LogP) is 0.221. The number of carbonyl (C=O) groups is 2. The average molecular weight is 279 g/mol. The lowest BCUT2D eigenvalue weighted by Crippen LogP contribution is -2.31. The summed E-state index contributed by atoms with van der Waals surface area (Å²) in [7, 11) is -0.613. The average Bonchev–Trinajstić information content (AvgIpc) is 2.11. The van der Waals surface area contributed by atoms with Crippen molar-refractivity contribution in [3.05, 3.63) is 0 Å². The zero-order valence-electron chi connectivity index (χ0n) is 11.5. The molecule has 0 aromatic heterocycles. The molecular formula is C11H21NO5S. The van der Waals surface area contributed by atoms with Crippen molar-refractivity contribution in [1.29, 1.82) is 0 Å². The molecule has 0 aliphatic rings. The number of sulfone groups is 1. The normalized spacial score (nSPS) is 12.1. The third-order valence-corrected chi connectivity index (χ3v) is 3.39. The van der Waals surface area contributed by atoms with Crippen molar-refractivity contribution in [2.24, 2.45) is 0 Å². The maximum atomic E-state index is 11.6. The molecule has 106 valence electrons. The van der Waals surface area contributed by atoms with Gasteiger partial charge in [-0.1, -0.05) is 0 Å². The van der Waals surface area contributed by atoms with Gasteiger partial charge in [0.25, 0.3) is 0 Å². The van der Waals surface area contributed by atoms with Crippen LogP contribution < -0.4 is 0 Å². The van der Waals surface area contributed by atoms with E-state index in [-0.39, 0.29) is 12.2 Å². The highest BCUT2D eigenvalue weighted by atomic mass is 32.2. The van der Waals surface area contributed by atoms with Gasteiger partial charge in [-0.25, -0.2) is 8.42 Å². The number of esters is 1. The van der Waals surface area contributed by atoms with Crippen molar-refractivity contribution in [2.75, 3.05) is 25.6 Å². The van der Waals surface area contributed by atoms with Crippen LogP contribution >= 0.6 is 0 Å². The lowest BCUT2D eigenvalue weighted by molar-refractivity contribution is -0.154. The minimum Gasteiger partial charge on any atom is -0.460 e. The van der Waals surface area contributed by atoms with Crippen LogP contribution in [0.3, 0.4) is 0 Å². The lowest BCUT2D eigenvalue weighted by Gasteiger charge is -2.19. The molecule has 0 saturated carbocycles. The quantitative estimate of drug-likeness (QED) is 0.673. The van der Waals surface area contributed by atoms with E-state index in [1.54, 1.807) is 20.8 Å². The van der Waals surface area contributed by atoms with Gasteiger partial charge in [-0.2, -0.15) is 0 Å². The maximum absolute atomic E-state index is 11.6. The van der Waals surface area contributed by atoms with Crippen LogP contribution in [-0.4, -0.2) is 56.4 Å². The van der Waals surface area contributed by atoms with Gasteiger partial charge in [-0.3, -0.25) is 9.59 Å². The largest absolute Gasteiger partial charge is 0.460 e. The van der Waals surface area contributed by atoms with E-state index in [2.05, 4.69) is 0 Å². The van der Waals surface area contributed by atoms with Gasteiger partial charge in [0.05, 0.1) is 12.2 Å². The van der Waals surface area contributed by atoms with E-state index in [1.165, 1.54) is 19.0 Å². The molecule has 0 rings (SSSR count). The number of rotatable bonds is 5. The van der Waals surface area contributed by atoms with Crippen molar-refractivity contribution in [2.45, 2.75) is 32.8 Å². The van der Waals surface area contributed by atoms with Crippen LogP contribution in [0, 0.1) is 0 Å². The van der Waals surface area contributed by atoms with Gasteiger partial charge < -0.3 is 9.64 Å². The molecule has 0 atom stereocenters. The van der Waals surface area contributed by atoms with Crippen molar-refractivity contribution in [1.82, 2.24) is 4.90 Å². The summed E-state index contributed by atoms with van der Waals surface area (Å²) in [4.78, 5) is 23.8. The molecule has 0 heterocycles. The van der Waals surface area contributed by atoms with E-state index in [4.69, 9.17) is 4.74 Å². The summed E-state index contributed by atoms with van der Waals surface area (Å²) >= 11 is 0. The molecule has 0 aromatic rings. The molecule has 0 unspecified atom stereocenters. The highest BCUT2D eigenvalue weighted by Gasteiger charge is 2.22. The number of carbonyl (C=O) groups excluding carboxylic acids is 2. The summed E-state index contributed by atoms with van der Waals surface area (Å²) in [5.41, 5.74) is -0.639. The van der Waals surface area contributed by atoms with Gasteiger partial charge in [0.15, 0.2) is 9.84 Å². The molecule has 0 bridgehead atoms. The molecular weight excluding hydrogens is 258 g/mol. The van der Waals surface area contributed by atoms with Crippen molar-refractivity contribution in [3.63, 3.8) is 0 Å². The van der Waals surface area contributed by atoms with E-state index in [0.717, 1.165) is 0 Å². The number of ether oxygens (including phenoxy) is 1. The molecule has 0 fully saturated rings. The molecule has 0 spiro atoms. The fourth-order valence-electron chi connectivity index (χ4n) is 1.02. The van der Waals surface area contributed by atoms with E-state index >= 15 is 0 Å². The molecule has 1 amide bonds. The molecule has 0 radical (unpaired) electrons. The molecule has 0 aliphatic carbocycles. The van der Waals surface area contributed by atoms with Crippen LogP contribution in [0.4, 0.5) is 0 Å². The highest BCUT2D eigenvalue weighted by molar-refractivity contribution is 7.92. The van der Waals surface area contributed by atoms with Gasteiger partial charge in [-0.05, 0) is 20.8 Å². The number of amides is 1. The summed E-state index contributed by atoms with van der Waals surface area (Å²) in [5, 5.41) is 0. The Morgan fingerprint density at radius 3 is 2.06 bits per heavy atom. The van der Waals surface area contributed by atoms with E-state index in [9.17, 15) is 18.0 Å². The number of hydrogen-bond donors (Lipinski definition) is 0. The standard InChI is InChI=1S/C11H21NO5S/c1-11(2,3)17-10(14)6-7-18(15,16)8-9(13)12(4)5/h6-8H2,1-5H3. The fraction of sp³-hybridized carbons (Fsp3) is 0.818. The third kappa shape index (κ3) is 8.05. The topological polar surface area (TPSA) is 80.8 Å². The van der Waals surface area contributed by atoms with Gasteiger partial charge in [0.2, 0.25) is 5.91 Å². The number of hydrogen-bond acceptors (Lipinski definition) is 5. The lowest BCUT2D eigenvalue weighted by atomic mass is 10.2. The summed E-state index contributed by atoms with van der Waals surface area (Å²) in [5.74, 6) is -2.04. The fourth-order valence-corrected chi connectivity index (χ4v) is 2.28. The minimum absolute atomic E-state index is 0.236. The zero-order chi connectivity index (χ0) is 14.6. The second-order valence-electron chi connectivity index (χ2n) is 5.22. The molecule has 0 saturated heterocycles. The van der Waals surface area contributed by atoms with Crippen molar-refractivity contribution >= 4 is 21.7 Å². The Labute approximate surface area is 108 Å². The summed E-state index contributed by atoms with van der Waals surface area (Å²) in [6.45, 7) is 5.11. The highest BCUT2D eigenvalue weighted by Crippen LogP contribution is 2.09. The van der Waals surface area contributed by atoms with E-state index < -0.39 is 33.1 Å². The van der Waals surface area contributed by atoms with E-state index in [1.807, 2.05) is 0 Å². The zero-order valence-corrected chi connectivity index (χ0v) is 12.3. The van der Waals surface area contributed by atoms with E-state index in [0.29, 0.717) is 0 Å². The monoisotopic (exact) mass is 279 g/mol. The van der Waals surface area contributed by atoms with Gasteiger partial charge >= 0.3 is 5.97 Å². The minimum atomic E-state index is -3.57. The van der Waals surface area contributed by atoms with Crippen LogP contribution in [0.15, 0.2) is 0 Å². The van der Waals surface area contributed by atoms with Crippen molar-refractivity contribution in [3.8, 4) is 0 Å². The Kier molecular flexibility index (Phi) is 5.79. The van der Waals surface area contributed by atoms with Crippen LogP contribution in [-0.2, 0) is 24.2 Å². The van der Waals surface area contributed by atoms with Crippen LogP contribution in [0.2, 0.25) is 0 Å². The Balaban J connectivity index is 4.29. The van der Waals surface area contributed by atoms with Crippen LogP contribution in [0.5, 0.6) is 0 Å².